The highest BCUT2D eigenvalue weighted by molar-refractivity contribution is 9.09. The maximum absolute atomic E-state index is 5.45. The van der Waals surface area contributed by atoms with E-state index in [1.807, 2.05) is 31.2 Å². The van der Waals surface area contributed by atoms with E-state index in [0.717, 1.165) is 17.7 Å². The molecule has 1 aromatic carbocycles. The Morgan fingerprint density at radius 3 is 2.94 bits per heavy atom. The van der Waals surface area contributed by atoms with Crippen molar-refractivity contribution in [3.8, 4) is 17.1 Å². The Bertz CT molecular complexity index is 513. The van der Waals surface area contributed by atoms with Crippen LogP contribution in [0, 0.1) is 0 Å². The Labute approximate surface area is 114 Å². The molecule has 1 atom stereocenters. The average Bonchev–Trinajstić information content (AvgIpc) is 2.88. The second-order valence-electron chi connectivity index (χ2n) is 3.79. The third-order valence-electron chi connectivity index (χ3n) is 2.47. The fraction of sp³-hybridized carbons (Fsp3) is 0.385. The van der Waals surface area contributed by atoms with E-state index in [0.29, 0.717) is 18.3 Å². The van der Waals surface area contributed by atoms with Gasteiger partial charge in [0.15, 0.2) is 0 Å². The molecule has 1 heterocycles. The molecule has 96 valence electrons. The van der Waals surface area contributed by atoms with Gasteiger partial charge in [0.25, 0.3) is 0 Å². The first-order chi connectivity index (χ1) is 8.74. The Morgan fingerprint density at radius 2 is 2.22 bits per heavy atom. The van der Waals surface area contributed by atoms with E-state index in [1.165, 1.54) is 0 Å². The topological polar surface area (TPSA) is 48.2 Å². The summed E-state index contributed by atoms with van der Waals surface area (Å²) in [5, 5.41) is 3.99. The number of ether oxygens (including phenoxy) is 1. The van der Waals surface area contributed by atoms with Gasteiger partial charge in [-0.2, -0.15) is 4.98 Å². The van der Waals surface area contributed by atoms with Crippen molar-refractivity contribution in [3.05, 3.63) is 30.2 Å². The Morgan fingerprint density at radius 1 is 1.39 bits per heavy atom. The molecule has 0 aliphatic rings. The molecule has 0 aliphatic carbocycles. The van der Waals surface area contributed by atoms with E-state index in [9.17, 15) is 0 Å². The number of hydrogen-bond donors (Lipinski definition) is 0. The Balaban J connectivity index is 2.25. The van der Waals surface area contributed by atoms with Crippen molar-refractivity contribution in [3.63, 3.8) is 0 Å². The van der Waals surface area contributed by atoms with Gasteiger partial charge in [-0.1, -0.05) is 40.1 Å². The molecule has 0 fully saturated rings. The smallest absolute Gasteiger partial charge is 0.240 e. The lowest BCUT2D eigenvalue weighted by Gasteiger charge is -2.03. The summed E-state index contributed by atoms with van der Waals surface area (Å²) >= 11 is 3.49. The maximum Gasteiger partial charge on any atom is 0.240 e. The summed E-state index contributed by atoms with van der Waals surface area (Å²) < 4.78 is 10.7. The molecule has 0 saturated carbocycles. The summed E-state index contributed by atoms with van der Waals surface area (Å²) in [7, 11) is 0. The minimum atomic E-state index is 0.105. The van der Waals surface area contributed by atoms with Gasteiger partial charge in [-0.05, 0) is 25.5 Å². The number of halogens is 1. The molecule has 0 bridgehead atoms. The first-order valence-electron chi connectivity index (χ1n) is 5.95. The van der Waals surface area contributed by atoms with E-state index in [2.05, 4.69) is 33.0 Å². The van der Waals surface area contributed by atoms with E-state index in [1.54, 1.807) is 0 Å². The summed E-state index contributed by atoms with van der Waals surface area (Å²) in [6.45, 7) is 4.65. The van der Waals surface area contributed by atoms with Gasteiger partial charge in [0.2, 0.25) is 11.7 Å². The van der Waals surface area contributed by atoms with Crippen LogP contribution in [0.2, 0.25) is 0 Å². The number of benzene rings is 1. The highest BCUT2D eigenvalue weighted by atomic mass is 79.9. The lowest BCUT2D eigenvalue weighted by molar-refractivity contribution is 0.340. The zero-order valence-corrected chi connectivity index (χ0v) is 12.0. The second kappa shape index (κ2) is 6.00. The van der Waals surface area contributed by atoms with E-state index in [4.69, 9.17) is 9.26 Å². The predicted octanol–water partition coefficient (Wildman–Crippen LogP) is 3.98. The van der Waals surface area contributed by atoms with Crippen molar-refractivity contribution in [1.29, 1.82) is 0 Å². The van der Waals surface area contributed by atoms with Gasteiger partial charge in [-0.25, -0.2) is 0 Å². The highest BCUT2D eigenvalue weighted by Crippen LogP contribution is 2.27. The number of hydrogen-bond acceptors (Lipinski definition) is 4. The molecular weight excluding hydrogens is 296 g/mol. The molecule has 0 saturated heterocycles. The highest BCUT2D eigenvalue weighted by Gasteiger charge is 2.15. The molecule has 5 heteroatoms. The number of alkyl halides is 1. The van der Waals surface area contributed by atoms with Crippen molar-refractivity contribution in [2.75, 3.05) is 6.61 Å². The van der Waals surface area contributed by atoms with Gasteiger partial charge >= 0.3 is 0 Å². The fourth-order valence-corrected chi connectivity index (χ4v) is 1.73. The second-order valence-corrected chi connectivity index (χ2v) is 4.90. The number of aromatic nitrogens is 2. The Hall–Kier alpha value is -1.36. The standard InChI is InChI=1S/C13H15BrN2O2/c1-3-11(14)13-15-12(16-18-13)9-6-5-7-10(8-9)17-4-2/h5-8,11H,3-4H2,1-2H3. The number of rotatable bonds is 5. The van der Waals surface area contributed by atoms with Crippen LogP contribution in [0.5, 0.6) is 5.75 Å². The van der Waals surface area contributed by atoms with Crippen LogP contribution in [0.1, 0.15) is 31.0 Å². The van der Waals surface area contributed by atoms with Crippen molar-refractivity contribution in [1.82, 2.24) is 10.1 Å². The minimum absolute atomic E-state index is 0.105. The molecule has 2 rings (SSSR count). The third kappa shape index (κ3) is 2.90. The van der Waals surface area contributed by atoms with Gasteiger partial charge in [0, 0.05) is 5.56 Å². The average molecular weight is 311 g/mol. The summed E-state index contributed by atoms with van der Waals surface area (Å²) in [5.74, 6) is 2.01. The zero-order valence-electron chi connectivity index (χ0n) is 10.4. The molecule has 0 N–H and O–H groups in total. The number of nitrogens with zero attached hydrogens (tertiary/aromatic N) is 2. The summed E-state index contributed by atoms with van der Waals surface area (Å²) in [6.07, 6.45) is 0.903. The van der Waals surface area contributed by atoms with E-state index < -0.39 is 0 Å². The molecule has 0 spiro atoms. The third-order valence-corrected chi connectivity index (χ3v) is 3.51. The Kier molecular flexibility index (Phi) is 4.36. The molecule has 0 aliphatic heterocycles. The lowest BCUT2D eigenvalue weighted by atomic mass is 10.2. The molecule has 2 aromatic rings. The molecule has 18 heavy (non-hydrogen) atoms. The van der Waals surface area contributed by atoms with Crippen molar-refractivity contribution < 1.29 is 9.26 Å². The molecule has 4 nitrogen and oxygen atoms in total. The molecule has 1 unspecified atom stereocenters. The molecule has 0 amide bonds. The van der Waals surface area contributed by atoms with Crippen LogP contribution >= 0.6 is 15.9 Å². The van der Waals surface area contributed by atoms with Gasteiger partial charge in [0.1, 0.15) is 5.75 Å². The van der Waals surface area contributed by atoms with Crippen molar-refractivity contribution in [2.24, 2.45) is 0 Å². The first kappa shape index (κ1) is 13.1. The molecular formula is C13H15BrN2O2. The zero-order chi connectivity index (χ0) is 13.0. The minimum Gasteiger partial charge on any atom is -0.494 e. The van der Waals surface area contributed by atoms with Gasteiger partial charge in [-0.15, -0.1) is 0 Å². The fourth-order valence-electron chi connectivity index (χ4n) is 1.55. The van der Waals surface area contributed by atoms with Crippen LogP contribution < -0.4 is 4.74 Å². The van der Waals surface area contributed by atoms with Crippen LogP contribution in [-0.2, 0) is 0 Å². The van der Waals surface area contributed by atoms with Gasteiger partial charge in [0.05, 0.1) is 11.4 Å². The monoisotopic (exact) mass is 310 g/mol. The van der Waals surface area contributed by atoms with Crippen LogP contribution in [0.25, 0.3) is 11.4 Å². The maximum atomic E-state index is 5.45. The van der Waals surface area contributed by atoms with Gasteiger partial charge < -0.3 is 9.26 Å². The van der Waals surface area contributed by atoms with Crippen LogP contribution in [0.4, 0.5) is 0 Å². The normalized spacial score (nSPS) is 12.4. The lowest BCUT2D eigenvalue weighted by Crippen LogP contribution is -1.92. The van der Waals surface area contributed by atoms with Crippen LogP contribution in [-0.4, -0.2) is 16.7 Å². The van der Waals surface area contributed by atoms with E-state index in [-0.39, 0.29) is 4.83 Å². The first-order valence-corrected chi connectivity index (χ1v) is 6.87. The predicted molar refractivity (Wildman–Crippen MR) is 72.9 cm³/mol. The van der Waals surface area contributed by atoms with Crippen molar-refractivity contribution >= 4 is 15.9 Å². The van der Waals surface area contributed by atoms with Crippen molar-refractivity contribution in [2.45, 2.75) is 25.1 Å². The van der Waals surface area contributed by atoms with Gasteiger partial charge in [-0.3, -0.25) is 0 Å². The molecule has 1 aromatic heterocycles. The van der Waals surface area contributed by atoms with Crippen LogP contribution in [0.3, 0.4) is 0 Å². The summed E-state index contributed by atoms with van der Waals surface area (Å²) in [6, 6.07) is 7.68. The largest absolute Gasteiger partial charge is 0.494 e. The summed E-state index contributed by atoms with van der Waals surface area (Å²) in [5.41, 5.74) is 0.895. The van der Waals surface area contributed by atoms with E-state index >= 15 is 0 Å². The quantitative estimate of drug-likeness (QED) is 0.784. The molecule has 0 radical (unpaired) electrons. The summed E-state index contributed by atoms with van der Waals surface area (Å²) in [4.78, 5) is 4.48. The van der Waals surface area contributed by atoms with Crippen LogP contribution in [0.15, 0.2) is 28.8 Å². The SMILES string of the molecule is CCOc1cccc(-c2noc(C(Br)CC)n2)c1.